The van der Waals surface area contributed by atoms with Crippen LogP contribution in [0, 0.1) is 5.92 Å². The minimum atomic E-state index is 0.0730. The highest BCUT2D eigenvalue weighted by Gasteiger charge is 2.18. The maximum atomic E-state index is 5.92. The molecule has 0 bridgehead atoms. The van der Waals surface area contributed by atoms with Crippen LogP contribution in [0.5, 0.6) is 0 Å². The summed E-state index contributed by atoms with van der Waals surface area (Å²) in [6.45, 7) is 5.50. The molecule has 2 heterocycles. The highest BCUT2D eigenvalue weighted by molar-refractivity contribution is 5.03. The normalized spacial score (nSPS) is 24.6. The van der Waals surface area contributed by atoms with E-state index in [0.717, 1.165) is 18.2 Å². The van der Waals surface area contributed by atoms with E-state index in [1.165, 1.54) is 25.9 Å². The van der Waals surface area contributed by atoms with E-state index in [1.54, 1.807) is 0 Å². The molecule has 0 aromatic carbocycles. The topological polar surface area (TPSA) is 47.1 Å². The molecule has 1 aliphatic heterocycles. The SMILES string of the molecule is C[C@@H](N)c1cncn1CC1CCCN(C)C1. The lowest BCUT2D eigenvalue weighted by atomic mass is 9.98. The Hall–Kier alpha value is -0.870. The summed E-state index contributed by atoms with van der Waals surface area (Å²) in [6, 6.07) is 0.0730. The van der Waals surface area contributed by atoms with Crippen LogP contribution in [0.15, 0.2) is 12.5 Å². The standard InChI is InChI=1S/C12H22N4/c1-10(13)12-6-14-9-16(12)8-11-4-3-5-15(2)7-11/h6,9-11H,3-5,7-8,13H2,1-2H3/t10-,11?/m1/s1. The van der Waals surface area contributed by atoms with Crippen LogP contribution in [0.25, 0.3) is 0 Å². The zero-order chi connectivity index (χ0) is 11.5. The molecule has 2 atom stereocenters. The lowest BCUT2D eigenvalue weighted by Crippen LogP contribution is -2.34. The zero-order valence-electron chi connectivity index (χ0n) is 10.3. The molecule has 4 nitrogen and oxygen atoms in total. The van der Waals surface area contributed by atoms with Crippen molar-refractivity contribution < 1.29 is 0 Å². The van der Waals surface area contributed by atoms with Gasteiger partial charge in [-0.15, -0.1) is 0 Å². The van der Waals surface area contributed by atoms with E-state index in [9.17, 15) is 0 Å². The van der Waals surface area contributed by atoms with Crippen molar-refractivity contribution in [1.29, 1.82) is 0 Å². The number of nitrogens with two attached hydrogens (primary N) is 1. The predicted molar refractivity (Wildman–Crippen MR) is 65.1 cm³/mol. The fraction of sp³-hybridized carbons (Fsp3) is 0.750. The molecule has 1 aromatic heterocycles. The van der Waals surface area contributed by atoms with Crippen molar-refractivity contribution >= 4 is 0 Å². The molecule has 1 unspecified atom stereocenters. The molecule has 0 amide bonds. The lowest BCUT2D eigenvalue weighted by Gasteiger charge is -2.30. The molecule has 0 spiro atoms. The molecule has 2 N–H and O–H groups in total. The summed E-state index contributed by atoms with van der Waals surface area (Å²) in [5.74, 6) is 0.741. The predicted octanol–water partition coefficient (Wildman–Crippen LogP) is 1.24. The number of aromatic nitrogens is 2. The van der Waals surface area contributed by atoms with E-state index < -0.39 is 0 Å². The second kappa shape index (κ2) is 4.97. The van der Waals surface area contributed by atoms with Crippen molar-refractivity contribution in [3.8, 4) is 0 Å². The summed E-state index contributed by atoms with van der Waals surface area (Å²) in [4.78, 5) is 6.61. The van der Waals surface area contributed by atoms with E-state index in [0.29, 0.717) is 0 Å². The smallest absolute Gasteiger partial charge is 0.0948 e. The van der Waals surface area contributed by atoms with Gasteiger partial charge < -0.3 is 15.2 Å². The van der Waals surface area contributed by atoms with Gasteiger partial charge in [-0.25, -0.2) is 4.98 Å². The Labute approximate surface area is 97.4 Å². The first kappa shape index (κ1) is 11.6. The number of hydrogen-bond donors (Lipinski definition) is 1. The molecule has 1 saturated heterocycles. The van der Waals surface area contributed by atoms with Crippen LogP contribution < -0.4 is 5.73 Å². The fourth-order valence-corrected chi connectivity index (χ4v) is 2.56. The van der Waals surface area contributed by atoms with Crippen LogP contribution in [0.2, 0.25) is 0 Å². The molecule has 1 fully saturated rings. The number of piperidine rings is 1. The highest BCUT2D eigenvalue weighted by Crippen LogP contribution is 2.19. The van der Waals surface area contributed by atoms with E-state index in [2.05, 4.69) is 21.5 Å². The Morgan fingerprint density at radius 3 is 3.12 bits per heavy atom. The van der Waals surface area contributed by atoms with Crippen LogP contribution in [-0.2, 0) is 6.54 Å². The van der Waals surface area contributed by atoms with Crippen molar-refractivity contribution in [3.63, 3.8) is 0 Å². The van der Waals surface area contributed by atoms with Gasteiger partial charge in [0.2, 0.25) is 0 Å². The molecule has 4 heteroatoms. The minimum absolute atomic E-state index is 0.0730. The molecule has 2 rings (SSSR count). The van der Waals surface area contributed by atoms with E-state index in [1.807, 2.05) is 19.4 Å². The lowest BCUT2D eigenvalue weighted by molar-refractivity contribution is 0.193. The van der Waals surface area contributed by atoms with Gasteiger partial charge in [0, 0.05) is 25.3 Å². The van der Waals surface area contributed by atoms with E-state index >= 15 is 0 Å². The van der Waals surface area contributed by atoms with Gasteiger partial charge in [-0.2, -0.15) is 0 Å². The largest absolute Gasteiger partial charge is 0.333 e. The molecule has 1 aliphatic rings. The van der Waals surface area contributed by atoms with Crippen molar-refractivity contribution in [3.05, 3.63) is 18.2 Å². The van der Waals surface area contributed by atoms with Crippen molar-refractivity contribution in [2.75, 3.05) is 20.1 Å². The maximum Gasteiger partial charge on any atom is 0.0948 e. The van der Waals surface area contributed by atoms with Crippen LogP contribution >= 0.6 is 0 Å². The average Bonchev–Trinajstić information content (AvgIpc) is 2.66. The fourth-order valence-electron chi connectivity index (χ4n) is 2.56. The van der Waals surface area contributed by atoms with Gasteiger partial charge in [-0.05, 0) is 39.3 Å². The van der Waals surface area contributed by atoms with Gasteiger partial charge in [0.1, 0.15) is 0 Å². The quantitative estimate of drug-likeness (QED) is 0.837. The van der Waals surface area contributed by atoms with Gasteiger partial charge in [0.15, 0.2) is 0 Å². The van der Waals surface area contributed by atoms with Gasteiger partial charge in [0.05, 0.1) is 12.0 Å². The third-order valence-electron chi connectivity index (χ3n) is 3.39. The number of rotatable bonds is 3. The third-order valence-corrected chi connectivity index (χ3v) is 3.39. The van der Waals surface area contributed by atoms with Crippen molar-refractivity contribution in [1.82, 2.24) is 14.5 Å². The summed E-state index contributed by atoms with van der Waals surface area (Å²) in [5, 5.41) is 0. The first-order valence-corrected chi connectivity index (χ1v) is 6.11. The molecule has 90 valence electrons. The monoisotopic (exact) mass is 222 g/mol. The maximum absolute atomic E-state index is 5.92. The molecule has 0 radical (unpaired) electrons. The molecule has 16 heavy (non-hydrogen) atoms. The van der Waals surface area contributed by atoms with Gasteiger partial charge in [-0.1, -0.05) is 0 Å². The second-order valence-electron chi connectivity index (χ2n) is 5.03. The number of likely N-dealkylation sites (tertiary alicyclic amines) is 1. The molecule has 0 saturated carbocycles. The van der Waals surface area contributed by atoms with Gasteiger partial charge in [-0.3, -0.25) is 0 Å². The van der Waals surface area contributed by atoms with Crippen LogP contribution in [0.1, 0.15) is 31.5 Å². The zero-order valence-corrected chi connectivity index (χ0v) is 10.3. The Morgan fingerprint density at radius 2 is 2.44 bits per heavy atom. The molecular formula is C12H22N4. The molecule has 0 aliphatic carbocycles. The summed E-state index contributed by atoms with van der Waals surface area (Å²) in [7, 11) is 2.20. The average molecular weight is 222 g/mol. The third kappa shape index (κ3) is 2.62. The highest BCUT2D eigenvalue weighted by atomic mass is 15.1. The first-order valence-electron chi connectivity index (χ1n) is 6.11. The summed E-state index contributed by atoms with van der Waals surface area (Å²) in [5.41, 5.74) is 7.07. The number of hydrogen-bond acceptors (Lipinski definition) is 3. The Morgan fingerprint density at radius 1 is 1.62 bits per heavy atom. The Bertz CT molecular complexity index is 332. The molecule has 1 aromatic rings. The van der Waals surface area contributed by atoms with Crippen molar-refractivity contribution in [2.45, 2.75) is 32.4 Å². The van der Waals surface area contributed by atoms with Gasteiger partial charge >= 0.3 is 0 Å². The van der Waals surface area contributed by atoms with Crippen LogP contribution in [0.4, 0.5) is 0 Å². The summed E-state index contributed by atoms with van der Waals surface area (Å²) in [6.07, 6.45) is 6.43. The van der Waals surface area contributed by atoms with Crippen LogP contribution in [-0.4, -0.2) is 34.6 Å². The number of nitrogens with zero attached hydrogens (tertiary/aromatic N) is 3. The minimum Gasteiger partial charge on any atom is -0.333 e. The summed E-state index contributed by atoms with van der Waals surface area (Å²) >= 11 is 0. The van der Waals surface area contributed by atoms with E-state index in [-0.39, 0.29) is 6.04 Å². The number of imidazole rings is 1. The first-order chi connectivity index (χ1) is 7.66. The van der Waals surface area contributed by atoms with Crippen molar-refractivity contribution in [2.24, 2.45) is 11.7 Å². The van der Waals surface area contributed by atoms with Crippen LogP contribution in [0.3, 0.4) is 0 Å². The molecular weight excluding hydrogens is 200 g/mol. The second-order valence-corrected chi connectivity index (χ2v) is 5.03. The Balaban J connectivity index is 2.00. The van der Waals surface area contributed by atoms with Gasteiger partial charge in [0.25, 0.3) is 0 Å². The Kier molecular flexibility index (Phi) is 3.61. The van der Waals surface area contributed by atoms with E-state index in [4.69, 9.17) is 5.73 Å². The summed E-state index contributed by atoms with van der Waals surface area (Å²) < 4.78 is 2.22.